The van der Waals surface area contributed by atoms with Crippen LogP contribution in [0.1, 0.15) is 10.6 Å². The molecule has 4 rings (SSSR count). The smallest absolute Gasteiger partial charge is 0.142 e. The summed E-state index contributed by atoms with van der Waals surface area (Å²) in [6.45, 7) is 5.91. The first-order chi connectivity index (χ1) is 13.2. The van der Waals surface area contributed by atoms with Gasteiger partial charge < -0.3 is 15.4 Å². The maximum absolute atomic E-state index is 6.53. The van der Waals surface area contributed by atoms with Crippen molar-refractivity contribution in [3.63, 3.8) is 0 Å². The van der Waals surface area contributed by atoms with Gasteiger partial charge in [0.25, 0.3) is 0 Å². The lowest BCUT2D eigenvalue weighted by atomic mass is 10.2. The number of hydrogen-bond donors (Lipinski definition) is 1. The van der Waals surface area contributed by atoms with E-state index in [9.17, 15) is 0 Å². The number of thiazole rings is 1. The minimum Gasteiger partial charge on any atom is -0.495 e. The molecule has 2 aromatic carbocycles. The highest BCUT2D eigenvalue weighted by Gasteiger charge is 2.24. The summed E-state index contributed by atoms with van der Waals surface area (Å²) >= 11 is 1.76. The van der Waals surface area contributed by atoms with E-state index in [1.165, 1.54) is 10.3 Å². The maximum Gasteiger partial charge on any atom is 0.142 e. The van der Waals surface area contributed by atoms with Gasteiger partial charge in [-0.05, 0) is 30.7 Å². The zero-order chi connectivity index (χ0) is 18.8. The summed E-state index contributed by atoms with van der Waals surface area (Å²) in [4.78, 5) is 9.56. The van der Waals surface area contributed by atoms with E-state index in [-0.39, 0.29) is 6.17 Å². The molecular weight excluding hydrogens is 356 g/mol. The summed E-state index contributed by atoms with van der Waals surface area (Å²) in [7, 11) is 1.73. The average molecular weight is 383 g/mol. The molecule has 1 atom stereocenters. The molecule has 0 saturated carbocycles. The molecule has 3 aromatic rings. The molecule has 0 bridgehead atoms. The molecule has 0 amide bonds. The van der Waals surface area contributed by atoms with Crippen molar-refractivity contribution in [1.29, 1.82) is 0 Å². The van der Waals surface area contributed by atoms with Crippen molar-refractivity contribution >= 4 is 27.2 Å². The van der Waals surface area contributed by atoms with Crippen LogP contribution in [0.2, 0.25) is 0 Å². The van der Waals surface area contributed by atoms with Gasteiger partial charge in [0, 0.05) is 32.6 Å². The van der Waals surface area contributed by atoms with Gasteiger partial charge in [-0.15, -0.1) is 11.3 Å². The molecule has 1 aliphatic rings. The number of nitrogens with zero attached hydrogens (tertiary/aromatic N) is 3. The number of aromatic nitrogens is 1. The van der Waals surface area contributed by atoms with Crippen LogP contribution in [-0.4, -0.2) is 49.3 Å². The van der Waals surface area contributed by atoms with Crippen LogP contribution >= 0.6 is 11.3 Å². The number of para-hydroxylation sites is 3. The number of fused-ring (bicyclic) bond motifs is 1. The molecule has 0 aliphatic carbocycles. The quantitative estimate of drug-likeness (QED) is 0.734. The Hall–Kier alpha value is -2.15. The Kier molecular flexibility index (Phi) is 5.29. The Morgan fingerprint density at radius 2 is 1.89 bits per heavy atom. The first-order valence-electron chi connectivity index (χ1n) is 9.38. The Labute approximate surface area is 164 Å². The lowest BCUT2D eigenvalue weighted by Crippen LogP contribution is -2.54. The summed E-state index contributed by atoms with van der Waals surface area (Å²) in [5.41, 5.74) is 10.0. The summed E-state index contributed by atoms with van der Waals surface area (Å²) in [6, 6.07) is 14.6. The molecule has 27 heavy (non-hydrogen) atoms. The second-order valence-corrected chi connectivity index (χ2v) is 8.11. The van der Waals surface area contributed by atoms with Gasteiger partial charge in [0.1, 0.15) is 5.75 Å². The zero-order valence-electron chi connectivity index (χ0n) is 15.9. The number of methoxy groups -OCH3 is 1. The monoisotopic (exact) mass is 382 g/mol. The van der Waals surface area contributed by atoms with E-state index in [1.807, 2.05) is 12.1 Å². The molecule has 0 spiro atoms. The van der Waals surface area contributed by atoms with Gasteiger partial charge in [-0.2, -0.15) is 0 Å². The molecule has 1 fully saturated rings. The average Bonchev–Trinajstić information content (AvgIpc) is 3.12. The van der Waals surface area contributed by atoms with Crippen molar-refractivity contribution < 1.29 is 4.74 Å². The molecule has 1 aliphatic heterocycles. The third kappa shape index (κ3) is 3.78. The number of hydrogen-bond acceptors (Lipinski definition) is 6. The number of anilines is 1. The maximum atomic E-state index is 6.53. The van der Waals surface area contributed by atoms with E-state index in [0.717, 1.165) is 54.6 Å². The van der Waals surface area contributed by atoms with Crippen LogP contribution < -0.4 is 15.4 Å². The lowest BCUT2D eigenvalue weighted by molar-refractivity contribution is 0.187. The summed E-state index contributed by atoms with van der Waals surface area (Å²) in [5, 5.41) is 1.12. The van der Waals surface area contributed by atoms with E-state index in [4.69, 9.17) is 15.5 Å². The number of nitrogens with two attached hydrogens (primary N) is 1. The summed E-state index contributed by atoms with van der Waals surface area (Å²) in [6.07, 6.45) is 0.804. The predicted octanol–water partition coefficient (Wildman–Crippen LogP) is 3.26. The topological polar surface area (TPSA) is 54.6 Å². The minimum atomic E-state index is 0.00527. The van der Waals surface area contributed by atoms with Gasteiger partial charge in [-0.1, -0.05) is 24.3 Å². The van der Waals surface area contributed by atoms with Crippen molar-refractivity contribution in [2.45, 2.75) is 19.5 Å². The molecule has 142 valence electrons. The molecule has 1 saturated heterocycles. The standard InChI is InChI=1S/C21H26N4OS/c1-15-6-5-9-18-21(15)23-20(27-18)14-19(22)25-12-10-24(11-13-25)16-7-3-4-8-17(16)26-2/h3-9,19H,10-14,22H2,1-2H3. The Morgan fingerprint density at radius 1 is 1.11 bits per heavy atom. The highest BCUT2D eigenvalue weighted by Crippen LogP contribution is 2.29. The van der Waals surface area contributed by atoms with Crippen LogP contribution in [0.4, 0.5) is 5.69 Å². The predicted molar refractivity (Wildman–Crippen MR) is 113 cm³/mol. The van der Waals surface area contributed by atoms with E-state index < -0.39 is 0 Å². The van der Waals surface area contributed by atoms with E-state index in [0.29, 0.717) is 0 Å². The van der Waals surface area contributed by atoms with Crippen molar-refractivity contribution in [3.05, 3.63) is 53.0 Å². The van der Waals surface area contributed by atoms with E-state index in [1.54, 1.807) is 18.4 Å². The van der Waals surface area contributed by atoms with Crippen LogP contribution in [0, 0.1) is 6.92 Å². The number of ether oxygens (including phenoxy) is 1. The molecule has 2 heterocycles. The molecule has 5 nitrogen and oxygen atoms in total. The number of benzene rings is 2. The van der Waals surface area contributed by atoms with Gasteiger partial charge in [-0.3, -0.25) is 4.90 Å². The van der Waals surface area contributed by atoms with Gasteiger partial charge in [0.05, 0.1) is 34.2 Å². The number of rotatable bonds is 5. The van der Waals surface area contributed by atoms with Gasteiger partial charge in [-0.25, -0.2) is 4.98 Å². The van der Waals surface area contributed by atoms with Crippen LogP contribution in [0.25, 0.3) is 10.2 Å². The zero-order valence-corrected chi connectivity index (χ0v) is 16.7. The normalized spacial score (nSPS) is 16.6. The van der Waals surface area contributed by atoms with Crippen LogP contribution in [0.5, 0.6) is 5.75 Å². The van der Waals surface area contributed by atoms with Crippen LogP contribution in [-0.2, 0) is 6.42 Å². The fourth-order valence-corrected chi connectivity index (χ4v) is 4.81. The van der Waals surface area contributed by atoms with Gasteiger partial charge in [0.15, 0.2) is 0 Å². The van der Waals surface area contributed by atoms with Crippen LogP contribution in [0.3, 0.4) is 0 Å². The first kappa shape index (κ1) is 18.2. The third-order valence-corrected chi connectivity index (χ3v) is 6.30. The third-order valence-electron chi connectivity index (χ3n) is 5.26. The lowest BCUT2D eigenvalue weighted by Gasteiger charge is -2.39. The second kappa shape index (κ2) is 7.84. The largest absolute Gasteiger partial charge is 0.495 e. The van der Waals surface area contributed by atoms with Crippen molar-refractivity contribution in [3.8, 4) is 5.75 Å². The minimum absolute atomic E-state index is 0.00527. The molecule has 1 aromatic heterocycles. The molecule has 0 radical (unpaired) electrons. The van der Waals surface area contributed by atoms with Crippen LogP contribution in [0.15, 0.2) is 42.5 Å². The van der Waals surface area contributed by atoms with Crippen molar-refractivity contribution in [2.24, 2.45) is 5.73 Å². The molecule has 6 heteroatoms. The SMILES string of the molecule is COc1ccccc1N1CCN(C(N)Cc2nc3c(C)cccc3s2)CC1. The molecule has 1 unspecified atom stereocenters. The van der Waals surface area contributed by atoms with E-state index in [2.05, 4.69) is 47.1 Å². The number of aryl methyl sites for hydroxylation is 1. The van der Waals surface area contributed by atoms with Gasteiger partial charge in [0.2, 0.25) is 0 Å². The van der Waals surface area contributed by atoms with Gasteiger partial charge >= 0.3 is 0 Å². The Morgan fingerprint density at radius 3 is 2.63 bits per heavy atom. The highest BCUT2D eigenvalue weighted by molar-refractivity contribution is 7.18. The summed E-state index contributed by atoms with van der Waals surface area (Å²) in [5.74, 6) is 0.931. The first-order valence-corrected chi connectivity index (χ1v) is 10.2. The fourth-order valence-electron chi connectivity index (χ4n) is 3.71. The number of piperazine rings is 1. The molecular formula is C21H26N4OS. The second-order valence-electron chi connectivity index (χ2n) is 7.00. The van der Waals surface area contributed by atoms with Crippen molar-refractivity contribution in [1.82, 2.24) is 9.88 Å². The van der Waals surface area contributed by atoms with E-state index >= 15 is 0 Å². The molecule has 2 N–H and O–H groups in total. The Balaban J connectivity index is 1.39. The highest BCUT2D eigenvalue weighted by atomic mass is 32.1. The fraction of sp³-hybridized carbons (Fsp3) is 0.381. The Bertz CT molecular complexity index is 917. The summed E-state index contributed by atoms with van der Waals surface area (Å²) < 4.78 is 6.75. The van der Waals surface area contributed by atoms with Crippen molar-refractivity contribution in [2.75, 3.05) is 38.2 Å².